The molecule has 0 radical (unpaired) electrons. The standard InChI is InChI=1S/C20H22FNO5/c1-3-25-16-6-8-17(9-7-16)26-11-10-20(24)27-13-19(23)22-15-5-4-14(2)18(21)12-15/h4-9,12H,3,10-11,13H2,1-2H3,(H,22,23). The summed E-state index contributed by atoms with van der Waals surface area (Å²) >= 11 is 0. The zero-order valence-electron chi connectivity index (χ0n) is 15.3. The number of anilines is 1. The van der Waals surface area contributed by atoms with Crippen LogP contribution in [0.1, 0.15) is 18.9 Å². The molecule has 2 rings (SSSR count). The summed E-state index contributed by atoms with van der Waals surface area (Å²) in [7, 11) is 0. The number of esters is 1. The van der Waals surface area contributed by atoms with Crippen molar-refractivity contribution in [3.8, 4) is 11.5 Å². The Kier molecular flexibility index (Phi) is 7.61. The molecule has 0 fully saturated rings. The first-order valence-corrected chi connectivity index (χ1v) is 8.55. The highest BCUT2D eigenvalue weighted by atomic mass is 19.1. The molecule has 0 aliphatic carbocycles. The summed E-state index contributed by atoms with van der Waals surface area (Å²) in [5, 5.41) is 2.46. The summed E-state index contributed by atoms with van der Waals surface area (Å²) < 4.78 is 29.1. The zero-order chi connectivity index (χ0) is 19.6. The van der Waals surface area contributed by atoms with Crippen molar-refractivity contribution in [1.29, 1.82) is 0 Å². The van der Waals surface area contributed by atoms with Crippen molar-refractivity contribution in [2.75, 3.05) is 25.1 Å². The minimum absolute atomic E-state index is 0.000346. The Hall–Kier alpha value is -3.09. The molecule has 27 heavy (non-hydrogen) atoms. The lowest BCUT2D eigenvalue weighted by molar-refractivity contribution is -0.147. The third-order valence-electron chi connectivity index (χ3n) is 3.53. The average molecular weight is 375 g/mol. The van der Waals surface area contributed by atoms with Gasteiger partial charge in [-0.05, 0) is 55.8 Å². The Bertz CT molecular complexity index is 776. The molecule has 0 atom stereocenters. The molecule has 0 saturated carbocycles. The summed E-state index contributed by atoms with van der Waals surface area (Å²) in [4.78, 5) is 23.4. The van der Waals surface area contributed by atoms with Crippen molar-refractivity contribution in [3.05, 3.63) is 53.8 Å². The summed E-state index contributed by atoms with van der Waals surface area (Å²) in [6, 6.07) is 11.4. The summed E-state index contributed by atoms with van der Waals surface area (Å²) in [6.07, 6.45) is -0.000346. The second-order valence-electron chi connectivity index (χ2n) is 5.68. The summed E-state index contributed by atoms with van der Waals surface area (Å²) in [6.45, 7) is 3.78. The first-order chi connectivity index (χ1) is 13.0. The van der Waals surface area contributed by atoms with Gasteiger partial charge >= 0.3 is 5.97 Å². The van der Waals surface area contributed by atoms with Gasteiger partial charge in [-0.3, -0.25) is 9.59 Å². The van der Waals surface area contributed by atoms with Crippen LogP contribution in [0.3, 0.4) is 0 Å². The van der Waals surface area contributed by atoms with Crippen LogP contribution < -0.4 is 14.8 Å². The Morgan fingerprint density at radius 3 is 2.33 bits per heavy atom. The van der Waals surface area contributed by atoms with Crippen molar-refractivity contribution in [2.45, 2.75) is 20.3 Å². The zero-order valence-corrected chi connectivity index (χ0v) is 15.3. The number of carbonyl (C=O) groups excluding carboxylic acids is 2. The van der Waals surface area contributed by atoms with E-state index in [2.05, 4.69) is 5.32 Å². The molecule has 0 spiro atoms. The fourth-order valence-electron chi connectivity index (χ4n) is 2.14. The molecule has 0 bridgehead atoms. The molecule has 0 aliphatic rings. The minimum Gasteiger partial charge on any atom is -0.494 e. The van der Waals surface area contributed by atoms with E-state index in [9.17, 15) is 14.0 Å². The summed E-state index contributed by atoms with van der Waals surface area (Å²) in [5.74, 6) is -0.185. The van der Waals surface area contributed by atoms with Gasteiger partial charge in [-0.15, -0.1) is 0 Å². The van der Waals surface area contributed by atoms with E-state index in [1.165, 1.54) is 6.07 Å². The predicted molar refractivity (Wildman–Crippen MR) is 98.4 cm³/mol. The third-order valence-corrected chi connectivity index (χ3v) is 3.53. The smallest absolute Gasteiger partial charge is 0.309 e. The topological polar surface area (TPSA) is 73.9 Å². The van der Waals surface area contributed by atoms with Crippen molar-refractivity contribution in [1.82, 2.24) is 0 Å². The lowest BCUT2D eigenvalue weighted by Crippen LogP contribution is -2.21. The number of benzene rings is 2. The number of aryl methyl sites for hydroxylation is 1. The summed E-state index contributed by atoms with van der Waals surface area (Å²) in [5.41, 5.74) is 0.782. The monoisotopic (exact) mass is 375 g/mol. The van der Waals surface area contributed by atoms with Gasteiger partial charge in [0, 0.05) is 5.69 Å². The van der Waals surface area contributed by atoms with Crippen LogP contribution in [0.15, 0.2) is 42.5 Å². The largest absolute Gasteiger partial charge is 0.494 e. The van der Waals surface area contributed by atoms with Gasteiger partial charge < -0.3 is 19.5 Å². The Morgan fingerprint density at radius 1 is 1.04 bits per heavy atom. The second-order valence-corrected chi connectivity index (χ2v) is 5.68. The first kappa shape index (κ1) is 20.2. The van der Waals surface area contributed by atoms with Crippen molar-refractivity contribution in [2.24, 2.45) is 0 Å². The van der Waals surface area contributed by atoms with Gasteiger partial charge in [0.2, 0.25) is 0 Å². The van der Waals surface area contributed by atoms with E-state index in [0.717, 1.165) is 5.75 Å². The van der Waals surface area contributed by atoms with E-state index in [1.54, 1.807) is 43.3 Å². The second kappa shape index (κ2) is 10.2. The highest BCUT2D eigenvalue weighted by molar-refractivity contribution is 5.92. The number of rotatable bonds is 9. The van der Waals surface area contributed by atoms with Crippen LogP contribution in [-0.4, -0.2) is 31.7 Å². The number of halogens is 1. The molecule has 7 heteroatoms. The molecule has 0 aromatic heterocycles. The Balaban J connectivity index is 1.66. The van der Waals surface area contributed by atoms with E-state index in [1.807, 2.05) is 6.92 Å². The lowest BCUT2D eigenvalue weighted by Gasteiger charge is -2.09. The number of carbonyl (C=O) groups is 2. The van der Waals surface area contributed by atoms with Crippen LogP contribution in [0, 0.1) is 12.7 Å². The van der Waals surface area contributed by atoms with Gasteiger partial charge in [0.05, 0.1) is 19.6 Å². The molecule has 6 nitrogen and oxygen atoms in total. The molecular weight excluding hydrogens is 353 g/mol. The molecule has 0 heterocycles. The van der Waals surface area contributed by atoms with Crippen LogP contribution in [0.4, 0.5) is 10.1 Å². The minimum atomic E-state index is -0.564. The van der Waals surface area contributed by atoms with Gasteiger partial charge in [-0.25, -0.2) is 4.39 Å². The molecule has 1 N–H and O–H groups in total. The first-order valence-electron chi connectivity index (χ1n) is 8.55. The Labute approximate surface area is 157 Å². The third kappa shape index (κ3) is 6.97. The van der Waals surface area contributed by atoms with Crippen LogP contribution >= 0.6 is 0 Å². The number of nitrogens with one attached hydrogen (secondary N) is 1. The van der Waals surface area contributed by atoms with Crippen molar-refractivity contribution >= 4 is 17.6 Å². The molecular formula is C20H22FNO5. The van der Waals surface area contributed by atoms with Gasteiger partial charge in [0.15, 0.2) is 6.61 Å². The van der Waals surface area contributed by atoms with Crippen LogP contribution in [-0.2, 0) is 14.3 Å². The van der Waals surface area contributed by atoms with E-state index in [4.69, 9.17) is 14.2 Å². The quantitative estimate of drug-likeness (QED) is 0.679. The van der Waals surface area contributed by atoms with Gasteiger partial charge in [0.1, 0.15) is 17.3 Å². The highest BCUT2D eigenvalue weighted by Crippen LogP contribution is 2.17. The molecule has 2 aromatic rings. The SMILES string of the molecule is CCOc1ccc(OCCC(=O)OCC(=O)Nc2ccc(C)c(F)c2)cc1. The maximum Gasteiger partial charge on any atom is 0.309 e. The normalized spacial score (nSPS) is 10.2. The number of hydrogen-bond donors (Lipinski definition) is 1. The number of hydrogen-bond acceptors (Lipinski definition) is 5. The predicted octanol–water partition coefficient (Wildman–Crippen LogP) is 3.48. The molecule has 2 aromatic carbocycles. The van der Waals surface area contributed by atoms with Crippen LogP contribution in [0.25, 0.3) is 0 Å². The van der Waals surface area contributed by atoms with Gasteiger partial charge in [0.25, 0.3) is 5.91 Å². The average Bonchev–Trinajstić information content (AvgIpc) is 2.65. The fraction of sp³-hybridized carbons (Fsp3) is 0.300. The van der Waals surface area contributed by atoms with Crippen LogP contribution in [0.5, 0.6) is 11.5 Å². The van der Waals surface area contributed by atoms with Gasteiger partial charge in [-0.2, -0.15) is 0 Å². The number of amides is 1. The molecule has 144 valence electrons. The van der Waals surface area contributed by atoms with E-state index < -0.39 is 24.3 Å². The van der Waals surface area contributed by atoms with E-state index in [0.29, 0.717) is 23.6 Å². The molecule has 1 amide bonds. The molecule has 0 unspecified atom stereocenters. The van der Waals surface area contributed by atoms with Crippen molar-refractivity contribution in [3.63, 3.8) is 0 Å². The molecule has 0 aliphatic heterocycles. The Morgan fingerprint density at radius 2 is 1.70 bits per heavy atom. The van der Waals surface area contributed by atoms with E-state index in [-0.39, 0.29) is 13.0 Å². The van der Waals surface area contributed by atoms with Crippen molar-refractivity contribution < 1.29 is 28.2 Å². The maximum atomic E-state index is 13.4. The van der Waals surface area contributed by atoms with Crippen LogP contribution in [0.2, 0.25) is 0 Å². The maximum absolute atomic E-state index is 13.4. The molecule has 0 saturated heterocycles. The van der Waals surface area contributed by atoms with Gasteiger partial charge in [-0.1, -0.05) is 6.07 Å². The lowest BCUT2D eigenvalue weighted by atomic mass is 10.2. The van der Waals surface area contributed by atoms with E-state index >= 15 is 0 Å². The fourth-order valence-corrected chi connectivity index (χ4v) is 2.14. The number of ether oxygens (including phenoxy) is 3. The highest BCUT2D eigenvalue weighted by Gasteiger charge is 2.09.